The molecule has 1 saturated heterocycles. The van der Waals surface area contributed by atoms with Crippen LogP contribution in [0.3, 0.4) is 0 Å². The zero-order valence-corrected chi connectivity index (χ0v) is 12.4. The first kappa shape index (κ1) is 13.2. The molecule has 3 aliphatic rings. The van der Waals surface area contributed by atoms with Gasteiger partial charge in [0.15, 0.2) is 0 Å². The number of rotatable bonds is 5. The Labute approximate surface area is 119 Å². The highest BCUT2D eigenvalue weighted by molar-refractivity contribution is 8.15. The van der Waals surface area contributed by atoms with Gasteiger partial charge in [0.1, 0.15) is 0 Å². The molecule has 2 heterocycles. The fourth-order valence-electron chi connectivity index (χ4n) is 3.16. The van der Waals surface area contributed by atoms with E-state index in [1.54, 1.807) is 0 Å². The van der Waals surface area contributed by atoms with Crippen LogP contribution in [0.2, 0.25) is 0 Å². The van der Waals surface area contributed by atoms with E-state index in [2.05, 4.69) is 6.58 Å². The Balaban J connectivity index is 1.51. The first-order chi connectivity index (χ1) is 9.13. The number of thioether (sulfide) groups is 1. The molecule has 3 rings (SSSR count). The molecular weight excluding hydrogens is 256 g/mol. The third-order valence-corrected chi connectivity index (χ3v) is 6.16. The van der Waals surface area contributed by atoms with Crippen LogP contribution in [0.25, 0.3) is 0 Å². The van der Waals surface area contributed by atoms with Crippen LogP contribution in [-0.4, -0.2) is 40.2 Å². The van der Waals surface area contributed by atoms with Crippen LogP contribution < -0.4 is 0 Å². The topological polar surface area (TPSA) is 32.7 Å². The molecule has 3 nitrogen and oxygen atoms in total. The normalized spacial score (nSPS) is 37.0. The zero-order valence-electron chi connectivity index (χ0n) is 11.6. The van der Waals surface area contributed by atoms with E-state index in [0.29, 0.717) is 29.0 Å². The second kappa shape index (κ2) is 4.97. The molecule has 0 bridgehead atoms. The Kier molecular flexibility index (Phi) is 3.46. The molecule has 2 aliphatic heterocycles. The van der Waals surface area contributed by atoms with Crippen LogP contribution in [0.5, 0.6) is 0 Å². The first-order valence-electron chi connectivity index (χ1n) is 7.23. The molecule has 0 aromatic rings. The van der Waals surface area contributed by atoms with E-state index in [-0.39, 0.29) is 0 Å². The standard InChI is InChI=1S/C15H22N2OS/c1-3-4-6-15-10-12(15)16-13(19-15)8-11-5-7-17(2)14(18)9-11/h3,11-12H,1,4-10H2,2H3. The summed E-state index contributed by atoms with van der Waals surface area (Å²) in [6.45, 7) is 4.72. The Morgan fingerprint density at radius 3 is 3.21 bits per heavy atom. The lowest BCUT2D eigenvalue weighted by molar-refractivity contribution is -0.133. The van der Waals surface area contributed by atoms with Gasteiger partial charge >= 0.3 is 0 Å². The molecule has 1 aliphatic carbocycles. The quantitative estimate of drug-likeness (QED) is 0.724. The van der Waals surface area contributed by atoms with Gasteiger partial charge in [-0.25, -0.2) is 0 Å². The minimum absolute atomic E-state index is 0.298. The number of carbonyl (C=O) groups excluding carboxylic acids is 1. The average Bonchev–Trinajstić information content (AvgIpc) is 2.94. The van der Waals surface area contributed by atoms with Gasteiger partial charge in [0.25, 0.3) is 0 Å². The summed E-state index contributed by atoms with van der Waals surface area (Å²) in [7, 11) is 1.90. The third kappa shape index (κ3) is 2.60. The lowest BCUT2D eigenvalue weighted by Crippen LogP contribution is -2.36. The average molecular weight is 278 g/mol. The van der Waals surface area contributed by atoms with E-state index >= 15 is 0 Å². The molecule has 2 fully saturated rings. The number of aliphatic imine (C=N–C) groups is 1. The number of carbonyl (C=O) groups is 1. The van der Waals surface area contributed by atoms with Crippen molar-refractivity contribution in [3.8, 4) is 0 Å². The first-order valence-corrected chi connectivity index (χ1v) is 8.05. The van der Waals surface area contributed by atoms with Crippen molar-refractivity contribution in [2.75, 3.05) is 13.6 Å². The van der Waals surface area contributed by atoms with Gasteiger partial charge in [0.05, 0.1) is 11.1 Å². The molecule has 0 radical (unpaired) electrons. The van der Waals surface area contributed by atoms with E-state index in [1.807, 2.05) is 29.8 Å². The van der Waals surface area contributed by atoms with Gasteiger partial charge in [-0.3, -0.25) is 9.79 Å². The molecule has 19 heavy (non-hydrogen) atoms. The fraction of sp³-hybridized carbons (Fsp3) is 0.733. The predicted octanol–water partition coefficient (Wildman–Crippen LogP) is 2.87. The van der Waals surface area contributed by atoms with Crippen LogP contribution in [0.15, 0.2) is 17.6 Å². The number of hydrogen-bond donors (Lipinski definition) is 0. The van der Waals surface area contributed by atoms with Gasteiger partial charge in [-0.05, 0) is 38.0 Å². The number of hydrogen-bond acceptors (Lipinski definition) is 3. The van der Waals surface area contributed by atoms with Crippen molar-refractivity contribution in [2.24, 2.45) is 10.9 Å². The van der Waals surface area contributed by atoms with Crippen molar-refractivity contribution in [1.29, 1.82) is 0 Å². The minimum atomic E-state index is 0.298. The summed E-state index contributed by atoms with van der Waals surface area (Å²) in [5.74, 6) is 0.815. The lowest BCUT2D eigenvalue weighted by atomic mass is 9.94. The zero-order chi connectivity index (χ0) is 13.5. The second-order valence-corrected chi connectivity index (χ2v) is 7.60. The molecule has 1 saturated carbocycles. The van der Waals surface area contributed by atoms with Crippen molar-refractivity contribution < 1.29 is 4.79 Å². The molecule has 3 unspecified atom stereocenters. The Hall–Kier alpha value is -0.770. The molecule has 0 aromatic heterocycles. The number of nitrogens with zero attached hydrogens (tertiary/aromatic N) is 2. The molecule has 0 spiro atoms. The smallest absolute Gasteiger partial charge is 0.222 e. The van der Waals surface area contributed by atoms with Crippen LogP contribution in [0.4, 0.5) is 0 Å². The summed E-state index contributed by atoms with van der Waals surface area (Å²) < 4.78 is 0.416. The maximum atomic E-state index is 11.7. The minimum Gasteiger partial charge on any atom is -0.346 e. The van der Waals surface area contributed by atoms with Crippen molar-refractivity contribution in [3.63, 3.8) is 0 Å². The Morgan fingerprint density at radius 2 is 2.47 bits per heavy atom. The molecular formula is C15H22N2OS. The van der Waals surface area contributed by atoms with E-state index < -0.39 is 0 Å². The van der Waals surface area contributed by atoms with E-state index in [9.17, 15) is 4.79 Å². The van der Waals surface area contributed by atoms with Crippen molar-refractivity contribution in [1.82, 2.24) is 4.90 Å². The third-order valence-electron chi connectivity index (χ3n) is 4.60. The van der Waals surface area contributed by atoms with Crippen molar-refractivity contribution in [3.05, 3.63) is 12.7 Å². The molecule has 104 valence electrons. The molecule has 4 heteroatoms. The van der Waals surface area contributed by atoms with Crippen LogP contribution in [0, 0.1) is 5.92 Å². The predicted molar refractivity (Wildman–Crippen MR) is 80.6 cm³/mol. The van der Waals surface area contributed by atoms with Gasteiger partial charge < -0.3 is 4.90 Å². The van der Waals surface area contributed by atoms with Crippen molar-refractivity contribution >= 4 is 22.7 Å². The number of piperidine rings is 1. The maximum absolute atomic E-state index is 11.7. The molecule has 0 N–H and O–H groups in total. The fourth-order valence-corrected chi connectivity index (χ4v) is 4.78. The lowest BCUT2D eigenvalue weighted by Gasteiger charge is -2.28. The van der Waals surface area contributed by atoms with Crippen LogP contribution in [0.1, 0.15) is 38.5 Å². The number of amides is 1. The monoisotopic (exact) mass is 278 g/mol. The Morgan fingerprint density at radius 1 is 1.63 bits per heavy atom. The highest BCUT2D eigenvalue weighted by atomic mass is 32.2. The van der Waals surface area contributed by atoms with Gasteiger partial charge in [-0.15, -0.1) is 18.3 Å². The van der Waals surface area contributed by atoms with Gasteiger partial charge in [0.2, 0.25) is 5.91 Å². The molecule has 0 aromatic carbocycles. The second-order valence-electron chi connectivity index (χ2n) is 6.12. The number of allylic oxidation sites excluding steroid dienone is 1. The van der Waals surface area contributed by atoms with Crippen LogP contribution in [-0.2, 0) is 4.79 Å². The van der Waals surface area contributed by atoms with E-state index in [1.165, 1.54) is 17.9 Å². The summed E-state index contributed by atoms with van der Waals surface area (Å²) in [6, 6.07) is 0.564. The molecule has 3 atom stereocenters. The summed E-state index contributed by atoms with van der Waals surface area (Å²) in [5.41, 5.74) is 0. The summed E-state index contributed by atoms with van der Waals surface area (Å²) in [6.07, 6.45) is 8.44. The number of likely N-dealkylation sites (tertiary alicyclic amines) is 1. The van der Waals surface area contributed by atoms with Gasteiger partial charge in [-0.1, -0.05) is 6.08 Å². The summed E-state index contributed by atoms with van der Waals surface area (Å²) in [5, 5.41) is 1.31. The van der Waals surface area contributed by atoms with Crippen LogP contribution >= 0.6 is 11.8 Å². The maximum Gasteiger partial charge on any atom is 0.222 e. The highest BCUT2D eigenvalue weighted by Crippen LogP contribution is 2.59. The SMILES string of the molecule is C=CCCC12CC1N=C(CC1CCN(C)C(=O)C1)S2. The number of fused-ring (bicyclic) bond motifs is 1. The highest BCUT2D eigenvalue weighted by Gasteiger charge is 2.58. The van der Waals surface area contributed by atoms with Crippen molar-refractivity contribution in [2.45, 2.75) is 49.3 Å². The summed E-state index contributed by atoms with van der Waals surface area (Å²) >= 11 is 2.00. The van der Waals surface area contributed by atoms with E-state index in [0.717, 1.165) is 25.8 Å². The molecule has 1 amide bonds. The van der Waals surface area contributed by atoms with Gasteiger partial charge in [-0.2, -0.15) is 0 Å². The Bertz CT molecular complexity index is 434. The largest absolute Gasteiger partial charge is 0.346 e. The van der Waals surface area contributed by atoms with E-state index in [4.69, 9.17) is 4.99 Å². The van der Waals surface area contributed by atoms with Gasteiger partial charge in [0, 0.05) is 24.8 Å². The summed E-state index contributed by atoms with van der Waals surface area (Å²) in [4.78, 5) is 18.4.